The predicted molar refractivity (Wildman–Crippen MR) is 74.7 cm³/mol. The first-order chi connectivity index (χ1) is 9.58. The van der Waals surface area contributed by atoms with Crippen molar-refractivity contribution in [2.24, 2.45) is 0 Å². The summed E-state index contributed by atoms with van der Waals surface area (Å²) < 4.78 is 5.42. The van der Waals surface area contributed by atoms with E-state index in [1.165, 1.54) is 0 Å². The molecule has 0 spiro atoms. The molecular weight excluding hydrogens is 258 g/mol. The van der Waals surface area contributed by atoms with Gasteiger partial charge in [-0.05, 0) is 43.9 Å². The number of carbonyl (C=O) groups excluding carboxylic acids is 1. The highest BCUT2D eigenvalue weighted by atomic mass is 16.5. The Bertz CT molecular complexity index is 477. The predicted octanol–water partition coefficient (Wildman–Crippen LogP) is 2.38. The highest BCUT2D eigenvalue weighted by Gasteiger charge is 2.22. The number of anilines is 1. The van der Waals surface area contributed by atoms with E-state index >= 15 is 0 Å². The van der Waals surface area contributed by atoms with E-state index in [0.717, 1.165) is 19.3 Å². The maximum Gasteiger partial charge on any atom is 0.310 e. The van der Waals surface area contributed by atoms with E-state index in [0.29, 0.717) is 17.9 Å². The number of hydrogen-bond donors (Lipinski definition) is 2. The molecule has 1 heterocycles. The summed E-state index contributed by atoms with van der Waals surface area (Å²) in [6.45, 7) is 2.26. The van der Waals surface area contributed by atoms with Gasteiger partial charge in [-0.25, -0.2) is 0 Å². The first-order valence-corrected chi connectivity index (χ1v) is 6.83. The second-order valence-corrected chi connectivity index (χ2v) is 5.03. The molecule has 1 saturated heterocycles. The lowest BCUT2D eigenvalue weighted by atomic mass is 10.0. The zero-order chi connectivity index (χ0) is 14.5. The lowest BCUT2D eigenvalue weighted by Crippen LogP contribution is -2.33. The molecular formula is C15H19NO4. The minimum absolute atomic E-state index is 0.135. The molecule has 2 rings (SSSR count). The number of carbonyl (C=O) groups is 2. The minimum atomic E-state index is -0.864. The molecule has 1 amide bonds. The van der Waals surface area contributed by atoms with Crippen molar-refractivity contribution in [2.75, 3.05) is 11.9 Å². The number of benzene rings is 1. The summed E-state index contributed by atoms with van der Waals surface area (Å²) in [5.41, 5.74) is 1.37. The minimum Gasteiger partial charge on any atom is -0.481 e. The number of carboxylic acid groups (broad SMARTS) is 1. The molecule has 2 unspecified atom stereocenters. The molecule has 0 saturated carbocycles. The fourth-order valence-electron chi connectivity index (χ4n) is 2.17. The Morgan fingerprint density at radius 1 is 1.30 bits per heavy atom. The monoisotopic (exact) mass is 277 g/mol. The molecule has 1 aliphatic rings. The molecule has 0 bridgehead atoms. The van der Waals surface area contributed by atoms with Crippen molar-refractivity contribution in [2.45, 2.75) is 38.2 Å². The van der Waals surface area contributed by atoms with Gasteiger partial charge in [-0.2, -0.15) is 0 Å². The maximum atomic E-state index is 12.0. The third-order valence-electron chi connectivity index (χ3n) is 3.52. The van der Waals surface area contributed by atoms with Gasteiger partial charge in [0, 0.05) is 12.3 Å². The molecule has 5 heteroatoms. The van der Waals surface area contributed by atoms with Gasteiger partial charge in [0.05, 0.1) is 5.92 Å². The van der Waals surface area contributed by atoms with Crippen LogP contribution in [0.2, 0.25) is 0 Å². The Labute approximate surface area is 117 Å². The van der Waals surface area contributed by atoms with Crippen LogP contribution in [0.1, 0.15) is 37.7 Å². The molecule has 1 fully saturated rings. The van der Waals surface area contributed by atoms with Crippen molar-refractivity contribution in [3.05, 3.63) is 29.8 Å². The van der Waals surface area contributed by atoms with Gasteiger partial charge in [-0.1, -0.05) is 12.1 Å². The van der Waals surface area contributed by atoms with E-state index in [1.807, 2.05) is 0 Å². The first kappa shape index (κ1) is 14.5. The highest BCUT2D eigenvalue weighted by Crippen LogP contribution is 2.19. The van der Waals surface area contributed by atoms with Gasteiger partial charge in [0.1, 0.15) is 6.10 Å². The molecule has 2 N–H and O–H groups in total. The second-order valence-electron chi connectivity index (χ2n) is 5.03. The average molecular weight is 277 g/mol. The maximum absolute atomic E-state index is 12.0. The molecule has 2 atom stereocenters. The standard InChI is InChI=1S/C15H19NO4/c1-10(15(18)19)11-5-7-12(8-6-11)16-14(17)13-4-2-3-9-20-13/h5-8,10,13H,2-4,9H2,1H3,(H,16,17)(H,18,19). The zero-order valence-electron chi connectivity index (χ0n) is 11.5. The normalized spacial score (nSPS) is 20.1. The lowest BCUT2D eigenvalue weighted by molar-refractivity contribution is -0.138. The van der Waals surface area contributed by atoms with Gasteiger partial charge in [0.25, 0.3) is 5.91 Å². The summed E-state index contributed by atoms with van der Waals surface area (Å²) in [4.78, 5) is 22.8. The molecule has 0 radical (unpaired) electrons. The van der Waals surface area contributed by atoms with E-state index in [2.05, 4.69) is 5.32 Å². The van der Waals surface area contributed by atoms with Crippen LogP contribution in [0.4, 0.5) is 5.69 Å². The largest absolute Gasteiger partial charge is 0.481 e. The molecule has 0 aliphatic carbocycles. The summed E-state index contributed by atoms with van der Waals surface area (Å²) >= 11 is 0. The van der Waals surface area contributed by atoms with E-state index in [1.54, 1.807) is 31.2 Å². The van der Waals surface area contributed by atoms with Crippen molar-refractivity contribution in [3.63, 3.8) is 0 Å². The quantitative estimate of drug-likeness (QED) is 0.886. The Hall–Kier alpha value is -1.88. The van der Waals surface area contributed by atoms with Gasteiger partial charge in [-0.3, -0.25) is 9.59 Å². The molecule has 108 valence electrons. The number of nitrogens with one attached hydrogen (secondary N) is 1. The van der Waals surface area contributed by atoms with Crippen LogP contribution in [-0.4, -0.2) is 29.7 Å². The van der Waals surface area contributed by atoms with Gasteiger partial charge in [0.15, 0.2) is 0 Å². The Kier molecular flexibility index (Phi) is 4.74. The summed E-state index contributed by atoms with van der Waals surface area (Å²) in [5, 5.41) is 11.7. The van der Waals surface area contributed by atoms with E-state index in [4.69, 9.17) is 9.84 Å². The van der Waals surface area contributed by atoms with Gasteiger partial charge >= 0.3 is 5.97 Å². The van der Waals surface area contributed by atoms with E-state index in [-0.39, 0.29) is 12.0 Å². The Morgan fingerprint density at radius 2 is 2.00 bits per heavy atom. The first-order valence-electron chi connectivity index (χ1n) is 6.83. The number of rotatable bonds is 4. The van der Waals surface area contributed by atoms with Crippen molar-refractivity contribution < 1.29 is 19.4 Å². The summed E-state index contributed by atoms with van der Waals surface area (Å²) in [6.07, 6.45) is 2.39. The molecule has 1 aromatic carbocycles. The Morgan fingerprint density at radius 3 is 2.55 bits per heavy atom. The number of amides is 1. The van der Waals surface area contributed by atoms with Gasteiger partial charge in [-0.15, -0.1) is 0 Å². The van der Waals surface area contributed by atoms with Crippen LogP contribution < -0.4 is 5.32 Å². The molecule has 1 aliphatic heterocycles. The summed E-state index contributed by atoms with van der Waals surface area (Å²) in [7, 11) is 0. The van der Waals surface area contributed by atoms with Crippen LogP contribution >= 0.6 is 0 Å². The average Bonchev–Trinajstić information content (AvgIpc) is 2.48. The fraction of sp³-hybridized carbons (Fsp3) is 0.467. The van der Waals surface area contributed by atoms with E-state index < -0.39 is 11.9 Å². The second kappa shape index (κ2) is 6.52. The summed E-state index contributed by atoms with van der Waals surface area (Å²) in [6, 6.07) is 6.87. The van der Waals surface area contributed by atoms with Crippen LogP contribution in [-0.2, 0) is 14.3 Å². The number of ether oxygens (including phenoxy) is 1. The number of aliphatic carboxylic acids is 1. The van der Waals surface area contributed by atoms with Gasteiger partial charge < -0.3 is 15.2 Å². The van der Waals surface area contributed by atoms with Crippen LogP contribution in [0.3, 0.4) is 0 Å². The van der Waals surface area contributed by atoms with Crippen LogP contribution in [0.5, 0.6) is 0 Å². The SMILES string of the molecule is CC(C(=O)O)c1ccc(NC(=O)C2CCCCO2)cc1. The molecule has 1 aromatic rings. The van der Waals surface area contributed by atoms with Crippen molar-refractivity contribution in [1.29, 1.82) is 0 Å². The zero-order valence-corrected chi connectivity index (χ0v) is 11.5. The van der Waals surface area contributed by atoms with Crippen LogP contribution in [0.15, 0.2) is 24.3 Å². The molecule has 20 heavy (non-hydrogen) atoms. The third-order valence-corrected chi connectivity index (χ3v) is 3.52. The topological polar surface area (TPSA) is 75.6 Å². The van der Waals surface area contributed by atoms with Crippen LogP contribution in [0.25, 0.3) is 0 Å². The number of carboxylic acids is 1. The third kappa shape index (κ3) is 3.57. The van der Waals surface area contributed by atoms with Gasteiger partial charge in [0.2, 0.25) is 0 Å². The fourth-order valence-corrected chi connectivity index (χ4v) is 2.17. The molecule has 5 nitrogen and oxygen atoms in total. The number of hydrogen-bond acceptors (Lipinski definition) is 3. The molecule has 0 aromatic heterocycles. The summed E-state index contributed by atoms with van der Waals surface area (Å²) in [5.74, 6) is -1.55. The lowest BCUT2D eigenvalue weighted by Gasteiger charge is -2.21. The van der Waals surface area contributed by atoms with Crippen molar-refractivity contribution in [1.82, 2.24) is 0 Å². The highest BCUT2D eigenvalue weighted by molar-refractivity contribution is 5.94. The van der Waals surface area contributed by atoms with Crippen molar-refractivity contribution >= 4 is 17.6 Å². The Balaban J connectivity index is 1.96. The smallest absolute Gasteiger partial charge is 0.310 e. The van der Waals surface area contributed by atoms with Crippen molar-refractivity contribution in [3.8, 4) is 0 Å². The van der Waals surface area contributed by atoms with Crippen LogP contribution in [0, 0.1) is 0 Å². The van der Waals surface area contributed by atoms with E-state index in [9.17, 15) is 9.59 Å².